The van der Waals surface area contributed by atoms with Crippen molar-refractivity contribution < 1.29 is 19.4 Å². The summed E-state index contributed by atoms with van der Waals surface area (Å²) in [5.74, 6) is -0.982. The highest BCUT2D eigenvalue weighted by Gasteiger charge is 2.27. The first-order chi connectivity index (χ1) is 10.2. The summed E-state index contributed by atoms with van der Waals surface area (Å²) >= 11 is 0. The Labute approximate surface area is 123 Å². The molecule has 6 heteroatoms. The third-order valence-electron chi connectivity index (χ3n) is 3.31. The van der Waals surface area contributed by atoms with Gasteiger partial charge in [-0.2, -0.15) is 0 Å². The predicted molar refractivity (Wildman–Crippen MR) is 78.3 cm³/mol. The first-order valence-corrected chi connectivity index (χ1v) is 7.09. The van der Waals surface area contributed by atoms with Gasteiger partial charge < -0.3 is 20.1 Å². The molecule has 0 radical (unpaired) electrons. The van der Waals surface area contributed by atoms with Gasteiger partial charge in [0.1, 0.15) is 6.10 Å². The zero-order valence-corrected chi connectivity index (χ0v) is 11.8. The summed E-state index contributed by atoms with van der Waals surface area (Å²) in [6.45, 7) is 2.11. The number of carboxylic acid groups (broad SMARTS) is 1. The van der Waals surface area contributed by atoms with Crippen LogP contribution in [0.3, 0.4) is 0 Å². The van der Waals surface area contributed by atoms with E-state index in [0.29, 0.717) is 26.1 Å². The largest absolute Gasteiger partial charge is 0.481 e. The number of carboxylic acids is 1. The van der Waals surface area contributed by atoms with E-state index < -0.39 is 12.1 Å². The molecule has 1 heterocycles. The number of carbonyl (C=O) groups excluding carboxylic acids is 1. The molecule has 0 aliphatic carbocycles. The number of anilines is 1. The number of para-hydroxylation sites is 1. The predicted octanol–water partition coefficient (Wildman–Crippen LogP) is 0.873. The van der Waals surface area contributed by atoms with Crippen LogP contribution < -0.4 is 10.2 Å². The van der Waals surface area contributed by atoms with Crippen molar-refractivity contribution in [2.45, 2.75) is 18.9 Å². The van der Waals surface area contributed by atoms with Gasteiger partial charge in [-0.3, -0.25) is 9.59 Å². The fourth-order valence-electron chi connectivity index (χ4n) is 2.26. The van der Waals surface area contributed by atoms with Crippen molar-refractivity contribution in [3.63, 3.8) is 0 Å². The number of ether oxygens (including phenoxy) is 1. The fraction of sp³-hybridized carbons (Fsp3) is 0.467. The molecule has 1 unspecified atom stereocenters. The molecule has 1 fully saturated rings. The third-order valence-corrected chi connectivity index (χ3v) is 3.31. The van der Waals surface area contributed by atoms with Crippen molar-refractivity contribution in [3.8, 4) is 0 Å². The normalized spacial score (nSPS) is 18.2. The molecule has 1 amide bonds. The van der Waals surface area contributed by atoms with Gasteiger partial charge >= 0.3 is 5.97 Å². The van der Waals surface area contributed by atoms with Crippen molar-refractivity contribution in [2.75, 3.05) is 31.1 Å². The number of nitrogens with zero attached hydrogens (tertiary/aromatic N) is 1. The summed E-state index contributed by atoms with van der Waals surface area (Å²) in [6, 6.07) is 9.27. The summed E-state index contributed by atoms with van der Waals surface area (Å²) in [6.07, 6.45) is -0.0555. The van der Waals surface area contributed by atoms with Gasteiger partial charge in [0.05, 0.1) is 6.61 Å². The lowest BCUT2D eigenvalue weighted by Crippen LogP contribution is -2.49. The highest BCUT2D eigenvalue weighted by Crippen LogP contribution is 2.17. The van der Waals surface area contributed by atoms with E-state index in [1.54, 1.807) is 4.90 Å². The van der Waals surface area contributed by atoms with Crippen LogP contribution in [0, 0.1) is 0 Å². The van der Waals surface area contributed by atoms with Crippen molar-refractivity contribution in [3.05, 3.63) is 30.3 Å². The number of hydrogen-bond acceptors (Lipinski definition) is 4. The molecule has 0 saturated carbocycles. The molecular weight excluding hydrogens is 272 g/mol. The number of carbonyl (C=O) groups is 2. The van der Waals surface area contributed by atoms with Gasteiger partial charge in [0.15, 0.2) is 0 Å². The van der Waals surface area contributed by atoms with Crippen molar-refractivity contribution >= 4 is 17.6 Å². The third kappa shape index (κ3) is 4.54. The Bertz CT molecular complexity index is 472. The molecule has 1 aliphatic heterocycles. The Morgan fingerprint density at radius 2 is 2.10 bits per heavy atom. The molecule has 1 aromatic rings. The second-order valence-corrected chi connectivity index (χ2v) is 4.89. The highest BCUT2D eigenvalue weighted by atomic mass is 16.5. The Morgan fingerprint density at radius 1 is 1.33 bits per heavy atom. The molecule has 1 atom stereocenters. The zero-order chi connectivity index (χ0) is 15.1. The van der Waals surface area contributed by atoms with Crippen molar-refractivity contribution in [1.82, 2.24) is 5.32 Å². The maximum atomic E-state index is 12.6. The van der Waals surface area contributed by atoms with E-state index in [0.717, 1.165) is 12.2 Å². The maximum Gasteiger partial charge on any atom is 0.303 e. The van der Waals surface area contributed by atoms with Crippen LogP contribution >= 0.6 is 0 Å². The van der Waals surface area contributed by atoms with E-state index in [2.05, 4.69) is 5.32 Å². The summed E-state index contributed by atoms with van der Waals surface area (Å²) in [5, 5.41) is 11.9. The molecule has 0 spiro atoms. The minimum Gasteiger partial charge on any atom is -0.481 e. The Hall–Kier alpha value is -1.92. The minimum absolute atomic E-state index is 0.0421. The quantitative estimate of drug-likeness (QED) is 0.813. The van der Waals surface area contributed by atoms with Crippen LogP contribution in [-0.2, 0) is 14.3 Å². The van der Waals surface area contributed by atoms with E-state index in [9.17, 15) is 9.59 Å². The van der Waals surface area contributed by atoms with Gasteiger partial charge in [-0.05, 0) is 18.6 Å². The second kappa shape index (κ2) is 7.75. The topological polar surface area (TPSA) is 78.9 Å². The smallest absolute Gasteiger partial charge is 0.303 e. The summed E-state index contributed by atoms with van der Waals surface area (Å²) in [5.41, 5.74) is 0.766. The van der Waals surface area contributed by atoms with Gasteiger partial charge in [0, 0.05) is 31.7 Å². The van der Waals surface area contributed by atoms with Crippen LogP contribution in [0.25, 0.3) is 0 Å². The lowest BCUT2D eigenvalue weighted by atomic mass is 10.2. The second-order valence-electron chi connectivity index (χ2n) is 4.89. The summed E-state index contributed by atoms with van der Waals surface area (Å²) < 4.78 is 5.50. The number of hydrogen-bond donors (Lipinski definition) is 2. The lowest BCUT2D eigenvalue weighted by Gasteiger charge is -2.29. The zero-order valence-electron chi connectivity index (χ0n) is 11.8. The Kier molecular flexibility index (Phi) is 5.71. The number of rotatable bonds is 6. The molecule has 1 aliphatic rings. The van der Waals surface area contributed by atoms with Crippen LogP contribution in [0.15, 0.2) is 30.3 Å². The molecule has 1 saturated heterocycles. The van der Waals surface area contributed by atoms with Gasteiger partial charge in [-0.25, -0.2) is 0 Å². The molecule has 2 rings (SSSR count). The highest BCUT2D eigenvalue weighted by molar-refractivity contribution is 5.96. The molecule has 21 heavy (non-hydrogen) atoms. The van der Waals surface area contributed by atoms with Gasteiger partial charge in [0.25, 0.3) is 5.91 Å². The maximum absolute atomic E-state index is 12.6. The van der Waals surface area contributed by atoms with Crippen molar-refractivity contribution in [1.29, 1.82) is 0 Å². The molecule has 0 bridgehead atoms. The van der Waals surface area contributed by atoms with Crippen molar-refractivity contribution in [2.24, 2.45) is 0 Å². The van der Waals surface area contributed by atoms with Crippen LogP contribution in [0.4, 0.5) is 5.69 Å². The standard InChI is InChI=1S/C15H20N2O4/c18-14(19)7-4-9-17(12-5-2-1-3-6-12)15(20)13-11-16-8-10-21-13/h1-3,5-6,13,16H,4,7-11H2,(H,18,19). The molecule has 2 N–H and O–H groups in total. The van der Waals surface area contributed by atoms with E-state index in [4.69, 9.17) is 9.84 Å². The number of nitrogens with one attached hydrogen (secondary N) is 1. The summed E-state index contributed by atoms with van der Waals surface area (Å²) in [7, 11) is 0. The molecule has 1 aromatic carbocycles. The van der Waals surface area contributed by atoms with Crippen LogP contribution in [0.2, 0.25) is 0 Å². The van der Waals surface area contributed by atoms with Crippen LogP contribution in [0.5, 0.6) is 0 Å². The van der Waals surface area contributed by atoms with Gasteiger partial charge in [-0.15, -0.1) is 0 Å². The van der Waals surface area contributed by atoms with Gasteiger partial charge in [-0.1, -0.05) is 18.2 Å². The van der Waals surface area contributed by atoms with Crippen LogP contribution in [-0.4, -0.2) is 49.3 Å². The Morgan fingerprint density at radius 3 is 2.71 bits per heavy atom. The number of aliphatic carboxylic acids is 1. The minimum atomic E-state index is -0.856. The average Bonchev–Trinajstić information content (AvgIpc) is 2.52. The number of morpholine rings is 1. The summed E-state index contributed by atoms with van der Waals surface area (Å²) in [4.78, 5) is 24.9. The Balaban J connectivity index is 2.06. The number of amides is 1. The lowest BCUT2D eigenvalue weighted by molar-refractivity contribution is -0.137. The molecular formula is C15H20N2O4. The van der Waals surface area contributed by atoms with Gasteiger partial charge in [0.2, 0.25) is 0 Å². The van der Waals surface area contributed by atoms with E-state index in [-0.39, 0.29) is 12.3 Å². The molecule has 0 aromatic heterocycles. The fourth-order valence-corrected chi connectivity index (χ4v) is 2.26. The monoisotopic (exact) mass is 292 g/mol. The van der Waals surface area contributed by atoms with E-state index >= 15 is 0 Å². The van der Waals surface area contributed by atoms with E-state index in [1.165, 1.54) is 0 Å². The number of benzene rings is 1. The SMILES string of the molecule is O=C(O)CCCN(C(=O)C1CNCCO1)c1ccccc1. The molecule has 6 nitrogen and oxygen atoms in total. The van der Waals surface area contributed by atoms with E-state index in [1.807, 2.05) is 30.3 Å². The van der Waals surface area contributed by atoms with Crippen LogP contribution in [0.1, 0.15) is 12.8 Å². The molecule has 114 valence electrons. The average molecular weight is 292 g/mol. The first-order valence-electron chi connectivity index (χ1n) is 7.09. The first kappa shape index (κ1) is 15.5.